The second-order valence-electron chi connectivity index (χ2n) is 6.12. The zero-order valence-electron chi connectivity index (χ0n) is 15.2. The number of nitrogens with zero attached hydrogens (tertiary/aromatic N) is 2. The van der Waals surface area contributed by atoms with Gasteiger partial charge in [0.05, 0.1) is 0 Å². The summed E-state index contributed by atoms with van der Waals surface area (Å²) in [5, 5.41) is 7.77. The van der Waals surface area contributed by atoms with Gasteiger partial charge < -0.3 is 13.9 Å². The third-order valence-electron chi connectivity index (χ3n) is 4.02. The predicted octanol–water partition coefficient (Wildman–Crippen LogP) is 4.18. The van der Waals surface area contributed by atoms with Crippen LogP contribution >= 0.6 is 0 Å². The molecule has 2 aromatic carbocycles. The van der Waals surface area contributed by atoms with E-state index < -0.39 is 12.1 Å². The second-order valence-corrected chi connectivity index (χ2v) is 6.12. The molecule has 0 aliphatic rings. The molecule has 27 heavy (non-hydrogen) atoms. The highest BCUT2D eigenvalue weighted by atomic mass is 19.1. The van der Waals surface area contributed by atoms with Crippen LogP contribution in [0.4, 0.5) is 4.39 Å². The second kappa shape index (κ2) is 7.99. The summed E-state index contributed by atoms with van der Waals surface area (Å²) in [6.45, 7) is 5.36. The van der Waals surface area contributed by atoms with Crippen molar-refractivity contribution in [3.05, 3.63) is 65.3 Å². The van der Waals surface area contributed by atoms with Gasteiger partial charge in [-0.2, -0.15) is 0 Å². The summed E-state index contributed by atoms with van der Waals surface area (Å²) in [7, 11) is 0. The van der Waals surface area contributed by atoms with Gasteiger partial charge in [0.1, 0.15) is 11.6 Å². The summed E-state index contributed by atoms with van der Waals surface area (Å²) < 4.78 is 29.2. The number of carbonyl (C=O) groups is 1. The maximum absolute atomic E-state index is 13.0. The largest absolute Gasteiger partial charge is 0.482 e. The van der Waals surface area contributed by atoms with Crippen LogP contribution in [0.15, 0.2) is 46.9 Å². The number of halogens is 1. The minimum atomic E-state index is -0.734. The first-order valence-electron chi connectivity index (χ1n) is 8.41. The molecule has 7 heteroatoms. The van der Waals surface area contributed by atoms with Crippen LogP contribution < -0.4 is 4.74 Å². The molecule has 0 bridgehead atoms. The molecule has 0 aliphatic heterocycles. The Morgan fingerprint density at radius 2 is 1.85 bits per heavy atom. The first-order valence-corrected chi connectivity index (χ1v) is 8.41. The van der Waals surface area contributed by atoms with E-state index >= 15 is 0 Å². The predicted molar refractivity (Wildman–Crippen MR) is 95.6 cm³/mol. The lowest BCUT2D eigenvalue weighted by Gasteiger charge is -2.11. The molecule has 0 N–H and O–H groups in total. The number of aryl methyl sites for hydroxylation is 2. The smallest absolute Gasteiger partial charge is 0.344 e. The third-order valence-corrected chi connectivity index (χ3v) is 4.02. The number of benzene rings is 2. The minimum Gasteiger partial charge on any atom is -0.482 e. The molecule has 0 unspecified atom stereocenters. The van der Waals surface area contributed by atoms with E-state index in [0.29, 0.717) is 11.3 Å². The van der Waals surface area contributed by atoms with Crippen molar-refractivity contribution in [3.8, 4) is 17.2 Å². The molecule has 3 rings (SSSR count). The van der Waals surface area contributed by atoms with Gasteiger partial charge in [0.2, 0.25) is 5.89 Å². The number of hydrogen-bond donors (Lipinski definition) is 0. The van der Waals surface area contributed by atoms with Crippen LogP contribution in [0.2, 0.25) is 0 Å². The molecule has 0 saturated carbocycles. The van der Waals surface area contributed by atoms with Gasteiger partial charge in [-0.15, -0.1) is 10.2 Å². The number of ether oxygens (including phenoxy) is 2. The fourth-order valence-corrected chi connectivity index (χ4v) is 2.34. The average molecular weight is 370 g/mol. The van der Waals surface area contributed by atoms with Crippen LogP contribution in [0, 0.1) is 19.7 Å². The zero-order valence-corrected chi connectivity index (χ0v) is 15.2. The molecule has 0 aliphatic carbocycles. The van der Waals surface area contributed by atoms with Crippen molar-refractivity contribution >= 4 is 5.97 Å². The maximum Gasteiger partial charge on any atom is 0.344 e. The monoisotopic (exact) mass is 370 g/mol. The number of hydrogen-bond acceptors (Lipinski definition) is 6. The molecule has 1 aromatic heterocycles. The summed E-state index contributed by atoms with van der Waals surface area (Å²) in [5.41, 5.74) is 2.80. The van der Waals surface area contributed by atoms with Crippen molar-refractivity contribution in [2.45, 2.75) is 26.9 Å². The molecule has 140 valence electrons. The van der Waals surface area contributed by atoms with Crippen LogP contribution in [0.5, 0.6) is 5.75 Å². The van der Waals surface area contributed by atoms with Crippen LogP contribution in [0.25, 0.3) is 11.5 Å². The van der Waals surface area contributed by atoms with E-state index in [1.165, 1.54) is 24.3 Å². The van der Waals surface area contributed by atoms with Crippen molar-refractivity contribution in [3.63, 3.8) is 0 Å². The van der Waals surface area contributed by atoms with Crippen molar-refractivity contribution in [1.29, 1.82) is 0 Å². The summed E-state index contributed by atoms with van der Waals surface area (Å²) >= 11 is 0. The Hall–Kier alpha value is -3.22. The highest BCUT2D eigenvalue weighted by molar-refractivity contribution is 5.71. The lowest BCUT2D eigenvalue weighted by molar-refractivity contribution is -0.152. The molecule has 0 fully saturated rings. The van der Waals surface area contributed by atoms with Gasteiger partial charge in [-0.05, 0) is 68.3 Å². The van der Waals surface area contributed by atoms with E-state index in [4.69, 9.17) is 13.9 Å². The van der Waals surface area contributed by atoms with E-state index in [0.717, 1.165) is 11.1 Å². The number of carbonyl (C=O) groups excluding carboxylic acids is 1. The van der Waals surface area contributed by atoms with Gasteiger partial charge in [0, 0.05) is 5.56 Å². The highest BCUT2D eigenvalue weighted by Gasteiger charge is 2.19. The topological polar surface area (TPSA) is 74.5 Å². The Morgan fingerprint density at radius 1 is 1.11 bits per heavy atom. The molecule has 1 heterocycles. The number of rotatable bonds is 6. The Labute approximate surface area is 155 Å². The van der Waals surface area contributed by atoms with E-state index in [-0.39, 0.29) is 24.2 Å². The molecular formula is C20H19FN2O4. The molecule has 1 atom stereocenters. The van der Waals surface area contributed by atoms with Gasteiger partial charge >= 0.3 is 5.97 Å². The summed E-state index contributed by atoms with van der Waals surface area (Å²) in [5.74, 6) is 0.0547. The molecule has 0 radical (unpaired) electrons. The van der Waals surface area contributed by atoms with Crippen LogP contribution in [-0.2, 0) is 9.53 Å². The lowest BCUT2D eigenvalue weighted by atomic mass is 10.1. The average Bonchev–Trinajstić information content (AvgIpc) is 3.13. The fraction of sp³-hybridized carbons (Fsp3) is 0.250. The minimum absolute atomic E-state index is 0.147. The van der Waals surface area contributed by atoms with Gasteiger partial charge in [0.15, 0.2) is 12.7 Å². The first kappa shape index (κ1) is 18.6. The Kier molecular flexibility index (Phi) is 5.49. The zero-order chi connectivity index (χ0) is 19.4. The lowest BCUT2D eigenvalue weighted by Crippen LogP contribution is -2.17. The number of aromatic nitrogens is 2. The molecule has 3 aromatic rings. The van der Waals surface area contributed by atoms with Gasteiger partial charge in [-0.3, -0.25) is 0 Å². The first-order chi connectivity index (χ1) is 12.9. The summed E-state index contributed by atoms with van der Waals surface area (Å²) in [6.07, 6.45) is -0.734. The van der Waals surface area contributed by atoms with E-state index in [1.54, 1.807) is 13.0 Å². The van der Waals surface area contributed by atoms with Gasteiger partial charge in [0.25, 0.3) is 5.89 Å². The Bertz CT molecular complexity index is 937. The van der Waals surface area contributed by atoms with E-state index in [1.807, 2.05) is 26.0 Å². The van der Waals surface area contributed by atoms with Crippen LogP contribution in [0.1, 0.15) is 30.0 Å². The summed E-state index contributed by atoms with van der Waals surface area (Å²) in [6, 6.07) is 11.2. The van der Waals surface area contributed by atoms with Crippen LogP contribution in [-0.4, -0.2) is 22.8 Å². The SMILES string of the molecule is Cc1ccc(OCC(=O)O[C@@H](C)c2nnc(-c3ccc(F)cc3)o2)cc1C. The number of esters is 1. The quantitative estimate of drug-likeness (QED) is 0.606. The standard InChI is InChI=1S/C20H19FN2O4/c1-12-4-9-17(10-13(12)2)25-11-18(24)26-14(3)19-22-23-20(27-19)15-5-7-16(21)8-6-15/h4-10,14H,11H2,1-3H3/t14-/m0/s1. The Morgan fingerprint density at radius 3 is 2.56 bits per heavy atom. The molecule has 0 saturated heterocycles. The van der Waals surface area contributed by atoms with Crippen LogP contribution in [0.3, 0.4) is 0 Å². The van der Waals surface area contributed by atoms with Crippen molar-refractivity contribution in [1.82, 2.24) is 10.2 Å². The Balaban J connectivity index is 1.56. The highest BCUT2D eigenvalue weighted by Crippen LogP contribution is 2.23. The van der Waals surface area contributed by atoms with Crippen molar-refractivity contribution < 1.29 is 23.1 Å². The third kappa shape index (κ3) is 4.69. The van der Waals surface area contributed by atoms with E-state index in [9.17, 15) is 9.18 Å². The maximum atomic E-state index is 13.0. The summed E-state index contributed by atoms with van der Waals surface area (Å²) in [4.78, 5) is 12.0. The van der Waals surface area contributed by atoms with E-state index in [2.05, 4.69) is 10.2 Å². The van der Waals surface area contributed by atoms with Gasteiger partial charge in [-0.1, -0.05) is 6.07 Å². The van der Waals surface area contributed by atoms with Crippen molar-refractivity contribution in [2.75, 3.05) is 6.61 Å². The van der Waals surface area contributed by atoms with Crippen molar-refractivity contribution in [2.24, 2.45) is 0 Å². The molecule has 6 nitrogen and oxygen atoms in total. The normalized spacial score (nSPS) is 11.9. The van der Waals surface area contributed by atoms with Gasteiger partial charge in [-0.25, -0.2) is 9.18 Å². The fourth-order valence-electron chi connectivity index (χ4n) is 2.34. The molecule has 0 amide bonds. The molecular weight excluding hydrogens is 351 g/mol. The molecule has 0 spiro atoms.